The quantitative estimate of drug-likeness (QED) is 0.900. The molecule has 1 aromatic carbocycles. The number of aliphatic hydroxyl groups excluding tert-OH is 1. The van der Waals surface area contributed by atoms with Crippen molar-refractivity contribution in [3.8, 4) is 0 Å². The Bertz CT molecular complexity index is 368. The monoisotopic (exact) mass is 262 g/mol. The molecule has 0 amide bonds. The van der Waals surface area contributed by atoms with Gasteiger partial charge in [0.2, 0.25) is 0 Å². The van der Waals surface area contributed by atoms with E-state index in [1.807, 2.05) is 30.3 Å². The van der Waals surface area contributed by atoms with Crippen molar-refractivity contribution in [2.45, 2.75) is 31.9 Å². The standard InChI is InChI=1S/C16H26N2O/c1-14-13-17(2)10-6-11-18(14)12-9-16(19)15-7-4-3-5-8-15/h3-5,7-8,14,16,19H,6,9-13H2,1-2H3. The number of rotatable bonds is 4. The van der Waals surface area contributed by atoms with Crippen molar-refractivity contribution in [1.29, 1.82) is 0 Å². The molecule has 0 aromatic heterocycles. The van der Waals surface area contributed by atoms with E-state index in [0.29, 0.717) is 6.04 Å². The molecule has 19 heavy (non-hydrogen) atoms. The molecule has 0 saturated carbocycles. The molecule has 0 spiro atoms. The maximum Gasteiger partial charge on any atom is 0.0802 e. The summed E-state index contributed by atoms with van der Waals surface area (Å²) < 4.78 is 0. The van der Waals surface area contributed by atoms with E-state index in [1.54, 1.807) is 0 Å². The van der Waals surface area contributed by atoms with E-state index >= 15 is 0 Å². The topological polar surface area (TPSA) is 26.7 Å². The molecule has 1 aromatic rings. The van der Waals surface area contributed by atoms with Gasteiger partial charge in [-0.25, -0.2) is 0 Å². The highest BCUT2D eigenvalue weighted by atomic mass is 16.3. The van der Waals surface area contributed by atoms with Crippen LogP contribution in [0.15, 0.2) is 30.3 Å². The van der Waals surface area contributed by atoms with Gasteiger partial charge in [0, 0.05) is 19.1 Å². The minimum absolute atomic E-state index is 0.339. The smallest absolute Gasteiger partial charge is 0.0802 e. The third kappa shape index (κ3) is 4.30. The Hall–Kier alpha value is -0.900. The van der Waals surface area contributed by atoms with E-state index in [1.165, 1.54) is 13.0 Å². The molecule has 1 aliphatic heterocycles. The summed E-state index contributed by atoms with van der Waals surface area (Å²) >= 11 is 0. The Kier molecular flexibility index (Phi) is 5.37. The first-order chi connectivity index (χ1) is 9.16. The van der Waals surface area contributed by atoms with Gasteiger partial charge in [-0.15, -0.1) is 0 Å². The van der Waals surface area contributed by atoms with Gasteiger partial charge in [0.05, 0.1) is 6.10 Å². The summed E-state index contributed by atoms with van der Waals surface area (Å²) in [6.45, 7) is 6.72. The summed E-state index contributed by atoms with van der Waals surface area (Å²) in [5.41, 5.74) is 1.03. The van der Waals surface area contributed by atoms with Crippen LogP contribution in [-0.2, 0) is 0 Å². The van der Waals surface area contributed by atoms with Crippen molar-refractivity contribution in [3.05, 3.63) is 35.9 Å². The van der Waals surface area contributed by atoms with Crippen LogP contribution in [0.25, 0.3) is 0 Å². The second kappa shape index (κ2) is 7.04. The lowest BCUT2D eigenvalue weighted by molar-refractivity contribution is 0.127. The van der Waals surface area contributed by atoms with Crippen molar-refractivity contribution >= 4 is 0 Å². The zero-order valence-corrected chi connectivity index (χ0v) is 12.1. The fourth-order valence-electron chi connectivity index (χ4n) is 2.88. The molecular weight excluding hydrogens is 236 g/mol. The molecule has 1 aliphatic rings. The van der Waals surface area contributed by atoms with Gasteiger partial charge in [-0.2, -0.15) is 0 Å². The number of aliphatic hydroxyl groups is 1. The van der Waals surface area contributed by atoms with Crippen LogP contribution in [0.2, 0.25) is 0 Å². The molecule has 0 radical (unpaired) electrons. The van der Waals surface area contributed by atoms with Gasteiger partial charge in [-0.1, -0.05) is 30.3 Å². The van der Waals surface area contributed by atoms with Gasteiger partial charge in [-0.05, 0) is 45.5 Å². The second-order valence-corrected chi connectivity index (χ2v) is 5.72. The summed E-state index contributed by atoms with van der Waals surface area (Å²) in [6.07, 6.45) is 1.70. The normalized spacial score (nSPS) is 24.1. The van der Waals surface area contributed by atoms with E-state index in [9.17, 15) is 5.11 Å². The Labute approximate surface area is 116 Å². The lowest BCUT2D eigenvalue weighted by Gasteiger charge is -2.28. The summed E-state index contributed by atoms with van der Waals surface area (Å²) in [7, 11) is 2.19. The molecule has 2 atom stereocenters. The molecular formula is C16H26N2O. The summed E-state index contributed by atoms with van der Waals surface area (Å²) in [4.78, 5) is 4.91. The fourth-order valence-corrected chi connectivity index (χ4v) is 2.88. The van der Waals surface area contributed by atoms with Crippen molar-refractivity contribution in [1.82, 2.24) is 9.80 Å². The highest BCUT2D eigenvalue weighted by molar-refractivity contribution is 5.17. The second-order valence-electron chi connectivity index (χ2n) is 5.72. The van der Waals surface area contributed by atoms with Gasteiger partial charge < -0.3 is 10.0 Å². The first-order valence-corrected chi connectivity index (χ1v) is 7.32. The van der Waals surface area contributed by atoms with E-state index in [2.05, 4.69) is 23.8 Å². The molecule has 2 rings (SSSR count). The minimum atomic E-state index is -0.339. The Morgan fingerprint density at radius 3 is 2.74 bits per heavy atom. The molecule has 3 nitrogen and oxygen atoms in total. The molecule has 2 unspecified atom stereocenters. The third-order valence-corrected chi connectivity index (χ3v) is 4.06. The SMILES string of the molecule is CC1CN(C)CCCN1CCC(O)c1ccccc1. The van der Waals surface area contributed by atoms with Gasteiger partial charge in [0.1, 0.15) is 0 Å². The first-order valence-electron chi connectivity index (χ1n) is 7.32. The van der Waals surface area contributed by atoms with Crippen molar-refractivity contribution in [3.63, 3.8) is 0 Å². The number of likely N-dealkylation sites (N-methyl/N-ethyl adjacent to an activating group) is 1. The molecule has 1 saturated heterocycles. The summed E-state index contributed by atoms with van der Waals surface area (Å²) in [5.74, 6) is 0. The van der Waals surface area contributed by atoms with E-state index in [-0.39, 0.29) is 6.10 Å². The highest BCUT2D eigenvalue weighted by Gasteiger charge is 2.20. The van der Waals surface area contributed by atoms with Crippen LogP contribution in [0, 0.1) is 0 Å². The van der Waals surface area contributed by atoms with Crippen molar-refractivity contribution in [2.75, 3.05) is 33.2 Å². The summed E-state index contributed by atoms with van der Waals surface area (Å²) in [6, 6.07) is 10.6. The largest absolute Gasteiger partial charge is 0.388 e. The van der Waals surface area contributed by atoms with E-state index < -0.39 is 0 Å². The third-order valence-electron chi connectivity index (χ3n) is 4.06. The molecule has 1 fully saturated rings. The fraction of sp³-hybridized carbons (Fsp3) is 0.625. The van der Waals surface area contributed by atoms with Crippen molar-refractivity contribution in [2.24, 2.45) is 0 Å². The molecule has 1 heterocycles. The van der Waals surface area contributed by atoms with Crippen LogP contribution in [0.4, 0.5) is 0 Å². The van der Waals surface area contributed by atoms with Gasteiger partial charge in [0.25, 0.3) is 0 Å². The van der Waals surface area contributed by atoms with Crippen LogP contribution >= 0.6 is 0 Å². The van der Waals surface area contributed by atoms with Gasteiger partial charge in [-0.3, -0.25) is 4.90 Å². The van der Waals surface area contributed by atoms with Crippen LogP contribution in [0.3, 0.4) is 0 Å². The van der Waals surface area contributed by atoms with E-state index in [4.69, 9.17) is 0 Å². The predicted molar refractivity (Wildman–Crippen MR) is 79.2 cm³/mol. The molecule has 3 heteroatoms. The molecule has 1 N–H and O–H groups in total. The Morgan fingerprint density at radius 2 is 2.00 bits per heavy atom. The molecule has 0 bridgehead atoms. The molecule has 0 aliphatic carbocycles. The number of hydrogen-bond acceptors (Lipinski definition) is 3. The lowest BCUT2D eigenvalue weighted by atomic mass is 10.1. The van der Waals surface area contributed by atoms with E-state index in [0.717, 1.165) is 31.6 Å². The van der Waals surface area contributed by atoms with Crippen LogP contribution in [0.1, 0.15) is 31.4 Å². The number of benzene rings is 1. The maximum atomic E-state index is 10.2. The number of nitrogens with zero attached hydrogens (tertiary/aromatic N) is 2. The lowest BCUT2D eigenvalue weighted by Crippen LogP contribution is -2.38. The first kappa shape index (κ1) is 14.5. The average molecular weight is 262 g/mol. The average Bonchev–Trinajstić information content (AvgIpc) is 2.58. The van der Waals surface area contributed by atoms with Crippen molar-refractivity contribution < 1.29 is 5.11 Å². The van der Waals surface area contributed by atoms with Gasteiger partial charge in [0.15, 0.2) is 0 Å². The van der Waals surface area contributed by atoms with Gasteiger partial charge >= 0.3 is 0 Å². The Morgan fingerprint density at radius 1 is 1.26 bits per heavy atom. The zero-order chi connectivity index (χ0) is 13.7. The minimum Gasteiger partial charge on any atom is -0.388 e. The molecule has 106 valence electrons. The number of hydrogen-bond donors (Lipinski definition) is 1. The Balaban J connectivity index is 1.84. The van der Waals surface area contributed by atoms with Crippen LogP contribution in [-0.4, -0.2) is 54.2 Å². The predicted octanol–water partition coefficient (Wildman–Crippen LogP) is 2.14. The van der Waals surface area contributed by atoms with Crippen LogP contribution < -0.4 is 0 Å². The zero-order valence-electron chi connectivity index (χ0n) is 12.1. The summed E-state index contributed by atoms with van der Waals surface area (Å²) in [5, 5.41) is 10.2. The van der Waals surface area contributed by atoms with Crippen LogP contribution in [0.5, 0.6) is 0 Å². The highest BCUT2D eigenvalue weighted by Crippen LogP contribution is 2.18. The maximum absolute atomic E-state index is 10.2.